The minimum atomic E-state index is -0.608. The summed E-state index contributed by atoms with van der Waals surface area (Å²) in [5.74, 6) is -0.595. The van der Waals surface area contributed by atoms with E-state index in [0.29, 0.717) is 12.1 Å². The molecule has 0 saturated carbocycles. The number of carbonyl (C=O) groups is 1. The van der Waals surface area contributed by atoms with Crippen LogP contribution in [0.2, 0.25) is 0 Å². The third kappa shape index (κ3) is 1.77. The second kappa shape index (κ2) is 4.09. The molecule has 2 aromatic heterocycles. The molecule has 2 heterocycles. The molecule has 2 rings (SSSR count). The molecule has 0 aliphatic heterocycles. The summed E-state index contributed by atoms with van der Waals surface area (Å²) in [7, 11) is 0. The number of hydrogen-bond acceptors (Lipinski definition) is 4. The number of nitrogens with zero attached hydrogens (tertiary/aromatic N) is 3. The summed E-state index contributed by atoms with van der Waals surface area (Å²) in [6, 6.07) is 4.16. The number of carbonyl (C=O) groups excluding carboxylic acids is 1. The second-order valence-electron chi connectivity index (χ2n) is 3.09. The lowest BCUT2D eigenvalue weighted by Crippen LogP contribution is -2.16. The summed E-state index contributed by atoms with van der Waals surface area (Å²) in [6.45, 7) is 1.70. The zero-order valence-electron chi connectivity index (χ0n) is 8.42. The van der Waals surface area contributed by atoms with Crippen LogP contribution >= 0.6 is 0 Å². The Labute approximate surface area is 90.5 Å². The highest BCUT2D eigenvalue weighted by atomic mass is 19.1. The molecule has 0 saturated heterocycles. The standard InChI is InChI=1S/C10H8FN3O2/c1-7-5-9(16-13-7)14(6-15)10-8(11)3-2-4-12-10/h2-6H,1H3. The van der Waals surface area contributed by atoms with Crippen LogP contribution in [0.1, 0.15) is 5.69 Å². The molecule has 0 unspecified atom stereocenters. The molecule has 0 aliphatic carbocycles. The smallest absolute Gasteiger partial charge is 0.239 e. The SMILES string of the molecule is Cc1cc(N(C=O)c2ncccc2F)on1. The van der Waals surface area contributed by atoms with Crippen LogP contribution in [0.15, 0.2) is 28.9 Å². The van der Waals surface area contributed by atoms with Crippen molar-refractivity contribution in [2.75, 3.05) is 4.90 Å². The van der Waals surface area contributed by atoms with Gasteiger partial charge in [-0.2, -0.15) is 0 Å². The maximum Gasteiger partial charge on any atom is 0.239 e. The van der Waals surface area contributed by atoms with E-state index in [1.165, 1.54) is 24.4 Å². The van der Waals surface area contributed by atoms with Gasteiger partial charge in [-0.3, -0.25) is 4.79 Å². The number of rotatable bonds is 3. The minimum absolute atomic E-state index is 0.117. The first kappa shape index (κ1) is 10.3. The molecule has 0 bridgehead atoms. The van der Waals surface area contributed by atoms with E-state index in [0.717, 1.165) is 4.90 Å². The summed E-state index contributed by atoms with van der Waals surface area (Å²) in [5.41, 5.74) is 0.596. The van der Waals surface area contributed by atoms with Gasteiger partial charge in [0.1, 0.15) is 0 Å². The molecule has 6 heteroatoms. The summed E-state index contributed by atoms with van der Waals surface area (Å²) >= 11 is 0. The molecule has 0 atom stereocenters. The van der Waals surface area contributed by atoms with E-state index < -0.39 is 5.82 Å². The lowest BCUT2D eigenvalue weighted by Gasteiger charge is -2.11. The highest BCUT2D eigenvalue weighted by molar-refractivity contribution is 5.82. The fraction of sp³-hybridized carbons (Fsp3) is 0.100. The van der Waals surface area contributed by atoms with Gasteiger partial charge in [0.15, 0.2) is 11.6 Å². The van der Waals surface area contributed by atoms with Crippen molar-refractivity contribution in [2.24, 2.45) is 0 Å². The molecule has 0 spiro atoms. The normalized spacial score (nSPS) is 10.1. The number of pyridine rings is 1. The van der Waals surface area contributed by atoms with Crippen molar-refractivity contribution in [3.05, 3.63) is 35.9 Å². The lowest BCUT2D eigenvalue weighted by molar-refractivity contribution is -0.107. The number of aromatic nitrogens is 2. The number of hydrogen-bond donors (Lipinski definition) is 0. The van der Waals surface area contributed by atoms with Gasteiger partial charge in [-0.15, -0.1) is 0 Å². The average Bonchev–Trinajstić information content (AvgIpc) is 2.69. The van der Waals surface area contributed by atoms with Crippen molar-refractivity contribution < 1.29 is 13.7 Å². The third-order valence-corrected chi connectivity index (χ3v) is 1.93. The van der Waals surface area contributed by atoms with Gasteiger partial charge in [-0.1, -0.05) is 5.16 Å². The molecule has 0 radical (unpaired) electrons. The molecule has 0 aliphatic rings. The summed E-state index contributed by atoms with van der Waals surface area (Å²) in [6.07, 6.45) is 1.81. The van der Waals surface area contributed by atoms with Gasteiger partial charge < -0.3 is 4.52 Å². The Morgan fingerprint density at radius 3 is 2.94 bits per heavy atom. The molecule has 5 nitrogen and oxygen atoms in total. The third-order valence-electron chi connectivity index (χ3n) is 1.93. The molecule has 0 aromatic carbocycles. The van der Waals surface area contributed by atoms with E-state index in [2.05, 4.69) is 10.1 Å². The Bertz CT molecular complexity index is 512. The lowest BCUT2D eigenvalue weighted by atomic mass is 10.4. The number of halogens is 1. The van der Waals surface area contributed by atoms with Gasteiger partial charge in [-0.25, -0.2) is 14.3 Å². The van der Waals surface area contributed by atoms with Crippen LogP contribution in [0.25, 0.3) is 0 Å². The van der Waals surface area contributed by atoms with Gasteiger partial charge in [0, 0.05) is 12.3 Å². The monoisotopic (exact) mass is 221 g/mol. The zero-order chi connectivity index (χ0) is 11.5. The summed E-state index contributed by atoms with van der Waals surface area (Å²) in [4.78, 5) is 15.6. The Morgan fingerprint density at radius 1 is 1.56 bits per heavy atom. The number of amides is 1. The molecule has 16 heavy (non-hydrogen) atoms. The summed E-state index contributed by atoms with van der Waals surface area (Å²) in [5, 5.41) is 3.61. The highest BCUT2D eigenvalue weighted by Crippen LogP contribution is 2.24. The van der Waals surface area contributed by atoms with Gasteiger partial charge in [0.2, 0.25) is 12.3 Å². The molecular weight excluding hydrogens is 213 g/mol. The van der Waals surface area contributed by atoms with E-state index >= 15 is 0 Å². The zero-order valence-corrected chi connectivity index (χ0v) is 8.42. The predicted octanol–water partition coefficient (Wildman–Crippen LogP) is 1.81. The maximum absolute atomic E-state index is 13.4. The quantitative estimate of drug-likeness (QED) is 0.741. The van der Waals surface area contributed by atoms with Crippen LogP contribution in [-0.4, -0.2) is 16.6 Å². The Morgan fingerprint density at radius 2 is 2.38 bits per heavy atom. The predicted molar refractivity (Wildman–Crippen MR) is 53.6 cm³/mol. The van der Waals surface area contributed by atoms with E-state index in [-0.39, 0.29) is 11.7 Å². The molecular formula is C10H8FN3O2. The molecule has 2 aromatic rings. The van der Waals surface area contributed by atoms with Crippen molar-refractivity contribution in [3.8, 4) is 0 Å². The van der Waals surface area contributed by atoms with Gasteiger partial charge in [-0.05, 0) is 19.1 Å². The number of aryl methyl sites for hydroxylation is 1. The Kier molecular flexibility index (Phi) is 2.63. The van der Waals surface area contributed by atoms with E-state index in [1.54, 1.807) is 6.92 Å². The molecule has 82 valence electrons. The Balaban J connectivity index is 2.44. The summed E-state index contributed by atoms with van der Waals surface area (Å²) < 4.78 is 18.3. The van der Waals surface area contributed by atoms with Crippen LogP contribution < -0.4 is 4.90 Å². The van der Waals surface area contributed by atoms with Crippen LogP contribution in [0.3, 0.4) is 0 Å². The van der Waals surface area contributed by atoms with Crippen molar-refractivity contribution in [1.82, 2.24) is 10.1 Å². The Hall–Kier alpha value is -2.24. The number of anilines is 2. The minimum Gasteiger partial charge on any atom is -0.338 e. The largest absolute Gasteiger partial charge is 0.338 e. The van der Waals surface area contributed by atoms with Gasteiger partial charge in [0.05, 0.1) is 5.69 Å². The first-order valence-electron chi connectivity index (χ1n) is 4.50. The highest BCUT2D eigenvalue weighted by Gasteiger charge is 2.17. The fourth-order valence-corrected chi connectivity index (χ4v) is 1.22. The van der Waals surface area contributed by atoms with Crippen LogP contribution in [0.5, 0.6) is 0 Å². The van der Waals surface area contributed by atoms with E-state index in [1.807, 2.05) is 0 Å². The first-order chi connectivity index (χ1) is 7.72. The van der Waals surface area contributed by atoms with Gasteiger partial charge in [0.25, 0.3) is 0 Å². The maximum atomic E-state index is 13.4. The van der Waals surface area contributed by atoms with Crippen LogP contribution in [0.4, 0.5) is 16.1 Å². The fourth-order valence-electron chi connectivity index (χ4n) is 1.22. The van der Waals surface area contributed by atoms with E-state index in [4.69, 9.17) is 4.52 Å². The van der Waals surface area contributed by atoms with Crippen LogP contribution in [0, 0.1) is 12.7 Å². The van der Waals surface area contributed by atoms with Crippen LogP contribution in [-0.2, 0) is 4.79 Å². The van der Waals surface area contributed by atoms with Crippen molar-refractivity contribution in [2.45, 2.75) is 6.92 Å². The van der Waals surface area contributed by atoms with E-state index in [9.17, 15) is 9.18 Å². The first-order valence-corrected chi connectivity index (χ1v) is 4.50. The van der Waals surface area contributed by atoms with Crippen molar-refractivity contribution in [1.29, 1.82) is 0 Å². The van der Waals surface area contributed by atoms with Crippen molar-refractivity contribution >= 4 is 18.1 Å². The topological polar surface area (TPSA) is 59.2 Å². The molecule has 1 amide bonds. The molecule has 0 N–H and O–H groups in total. The second-order valence-corrected chi connectivity index (χ2v) is 3.09. The molecule has 0 fully saturated rings. The van der Waals surface area contributed by atoms with Crippen molar-refractivity contribution in [3.63, 3.8) is 0 Å². The average molecular weight is 221 g/mol. The van der Waals surface area contributed by atoms with Gasteiger partial charge >= 0.3 is 0 Å².